The Balaban J connectivity index is 0.00000529. The summed E-state index contributed by atoms with van der Waals surface area (Å²) in [5, 5.41) is 8.65. The van der Waals surface area contributed by atoms with E-state index in [4.69, 9.17) is 16.6 Å². The molecule has 0 bridgehead atoms. The number of allylic oxidation sites excluding steroid dienone is 3. The van der Waals surface area contributed by atoms with E-state index in [1.807, 2.05) is 43.3 Å². The predicted octanol–water partition coefficient (Wildman–Crippen LogP) is 4.05. The van der Waals surface area contributed by atoms with Gasteiger partial charge in [-0.05, 0) is 30.7 Å². The zero-order chi connectivity index (χ0) is 17.1. The molecule has 5 nitrogen and oxygen atoms in total. The van der Waals surface area contributed by atoms with Crippen LogP contribution in [-0.2, 0) is 9.53 Å². The second kappa shape index (κ2) is 11.5. The summed E-state index contributed by atoms with van der Waals surface area (Å²) in [6.07, 6.45) is 5.00. The maximum atomic E-state index is 10.8. The number of nitrogens with zero attached hydrogens (tertiary/aromatic N) is 3. The Bertz CT molecular complexity index is 645. The summed E-state index contributed by atoms with van der Waals surface area (Å²) >= 11 is 0. The van der Waals surface area contributed by atoms with E-state index in [1.165, 1.54) is 13.0 Å². The molecule has 0 fully saturated rings. The van der Waals surface area contributed by atoms with Gasteiger partial charge in [0.05, 0.1) is 19.2 Å². The van der Waals surface area contributed by atoms with Crippen molar-refractivity contribution < 1.29 is 9.53 Å². The van der Waals surface area contributed by atoms with Crippen molar-refractivity contribution in [3.63, 3.8) is 0 Å². The monoisotopic (exact) mass is 325 g/mol. The maximum absolute atomic E-state index is 10.8. The van der Waals surface area contributed by atoms with Crippen LogP contribution >= 0.6 is 0 Å². The molecule has 1 aromatic carbocycles. The van der Waals surface area contributed by atoms with Crippen LogP contribution in [0.2, 0.25) is 0 Å². The number of benzene rings is 1. The second-order valence-electron chi connectivity index (χ2n) is 4.65. The first-order valence-electron chi connectivity index (χ1n) is 7.25. The molecule has 0 aliphatic heterocycles. The second-order valence-corrected chi connectivity index (χ2v) is 4.65. The Morgan fingerprint density at radius 3 is 2.58 bits per heavy atom. The molecule has 0 N–H and O–H groups in total. The molecule has 24 heavy (non-hydrogen) atoms. The molecule has 1 aromatic rings. The molecule has 0 unspecified atom stereocenters. The van der Waals surface area contributed by atoms with E-state index >= 15 is 0 Å². The Kier molecular flexibility index (Phi) is 10.0. The van der Waals surface area contributed by atoms with E-state index in [2.05, 4.69) is 9.74 Å². The highest BCUT2D eigenvalue weighted by Crippen LogP contribution is 2.16. The summed E-state index contributed by atoms with van der Waals surface area (Å²) < 4.78 is 4.97. The molecular formula is C19H23N3O2. The first-order valence-corrected chi connectivity index (χ1v) is 7.25. The van der Waals surface area contributed by atoms with Crippen molar-refractivity contribution in [1.82, 2.24) is 0 Å². The van der Waals surface area contributed by atoms with Crippen molar-refractivity contribution in [2.75, 3.05) is 24.6 Å². The molecular weight excluding hydrogens is 302 g/mol. The first-order chi connectivity index (χ1) is 11.1. The van der Waals surface area contributed by atoms with Gasteiger partial charge in [0.25, 0.3) is 5.70 Å². The largest absolute Gasteiger partial charge is 0.464 e. The van der Waals surface area contributed by atoms with Crippen LogP contribution < -0.4 is 4.90 Å². The van der Waals surface area contributed by atoms with Crippen molar-refractivity contribution in [2.24, 2.45) is 0 Å². The third-order valence-electron chi connectivity index (χ3n) is 3.08. The van der Waals surface area contributed by atoms with Gasteiger partial charge in [0.2, 0.25) is 0 Å². The molecule has 0 radical (unpaired) electrons. The summed E-state index contributed by atoms with van der Waals surface area (Å²) in [5.41, 5.74) is 2.08. The fraction of sp³-hybridized carbons (Fsp3) is 0.316. The minimum atomic E-state index is -0.272. The third-order valence-corrected chi connectivity index (χ3v) is 3.08. The van der Waals surface area contributed by atoms with Crippen molar-refractivity contribution >= 4 is 17.7 Å². The van der Waals surface area contributed by atoms with Crippen molar-refractivity contribution in [3.05, 3.63) is 59.1 Å². The molecule has 0 heterocycles. The fourth-order valence-electron chi connectivity index (χ4n) is 1.92. The fourth-order valence-corrected chi connectivity index (χ4v) is 1.92. The molecule has 5 heteroatoms. The summed E-state index contributed by atoms with van der Waals surface area (Å²) in [6.45, 7) is 12.0. The lowest BCUT2D eigenvalue weighted by atomic mass is 10.1. The molecule has 126 valence electrons. The van der Waals surface area contributed by atoms with Gasteiger partial charge in [0.1, 0.15) is 6.61 Å². The lowest BCUT2D eigenvalue weighted by Crippen LogP contribution is -2.27. The number of esters is 1. The number of rotatable bonds is 7. The van der Waals surface area contributed by atoms with E-state index < -0.39 is 0 Å². The molecule has 0 atom stereocenters. The van der Waals surface area contributed by atoms with Crippen LogP contribution in [0.5, 0.6) is 0 Å². The molecule has 0 aliphatic carbocycles. The average Bonchev–Trinajstić information content (AvgIpc) is 2.56. The number of anilines is 1. The van der Waals surface area contributed by atoms with Crippen molar-refractivity contribution in [1.29, 1.82) is 5.26 Å². The number of carbonyl (C=O) groups is 1. The van der Waals surface area contributed by atoms with Crippen LogP contribution in [-0.4, -0.2) is 25.7 Å². The van der Waals surface area contributed by atoms with Crippen LogP contribution in [0.4, 0.5) is 5.69 Å². The van der Waals surface area contributed by atoms with Crippen molar-refractivity contribution in [2.45, 2.75) is 21.3 Å². The number of ether oxygens (including phenoxy) is 1. The molecule has 0 aliphatic rings. The number of hydrogen-bond donors (Lipinski definition) is 0. The van der Waals surface area contributed by atoms with Crippen LogP contribution in [0.25, 0.3) is 10.9 Å². The average molecular weight is 325 g/mol. The SMILES string of the molecule is C.[C-]#[N+]/C(C#N)=C\C=C\c1ccc(N(CC)CCOC(C)=O)cc1. The van der Waals surface area contributed by atoms with Crippen LogP contribution in [0.15, 0.2) is 42.1 Å². The van der Waals surface area contributed by atoms with Gasteiger partial charge in [0, 0.05) is 19.2 Å². The molecule has 0 saturated carbocycles. The Hall–Kier alpha value is -3.05. The topological polar surface area (TPSA) is 57.7 Å². The van der Waals surface area contributed by atoms with Gasteiger partial charge in [-0.15, -0.1) is 0 Å². The normalized spacial score (nSPS) is 10.4. The quantitative estimate of drug-likeness (QED) is 0.328. The molecule has 0 aromatic heterocycles. The summed E-state index contributed by atoms with van der Waals surface area (Å²) in [6, 6.07) is 9.70. The minimum Gasteiger partial charge on any atom is -0.464 e. The molecule has 0 saturated heterocycles. The van der Waals surface area contributed by atoms with E-state index in [0.29, 0.717) is 13.2 Å². The molecule has 0 amide bonds. The number of nitriles is 1. The number of likely N-dealkylation sites (N-methyl/N-ethyl adjacent to an activating group) is 1. The maximum Gasteiger partial charge on any atom is 0.302 e. The zero-order valence-electron chi connectivity index (χ0n) is 13.3. The van der Waals surface area contributed by atoms with Gasteiger partial charge in [-0.25, -0.2) is 10.1 Å². The third kappa shape index (κ3) is 7.29. The van der Waals surface area contributed by atoms with Crippen LogP contribution in [0.1, 0.15) is 26.8 Å². The highest BCUT2D eigenvalue weighted by molar-refractivity contribution is 5.66. The first kappa shape index (κ1) is 20.9. The number of carbonyl (C=O) groups excluding carboxylic acids is 1. The Morgan fingerprint density at radius 2 is 2.08 bits per heavy atom. The lowest BCUT2D eigenvalue weighted by Gasteiger charge is -2.22. The van der Waals surface area contributed by atoms with Gasteiger partial charge < -0.3 is 9.64 Å². The van der Waals surface area contributed by atoms with E-state index in [1.54, 1.807) is 6.08 Å². The Morgan fingerprint density at radius 1 is 1.42 bits per heavy atom. The van der Waals surface area contributed by atoms with Crippen LogP contribution in [0, 0.1) is 17.9 Å². The van der Waals surface area contributed by atoms with Gasteiger partial charge in [-0.1, -0.05) is 31.7 Å². The molecule has 1 rings (SSSR count). The summed E-state index contributed by atoms with van der Waals surface area (Å²) in [5.74, 6) is -0.272. The molecule has 0 spiro atoms. The smallest absolute Gasteiger partial charge is 0.302 e. The van der Waals surface area contributed by atoms with Gasteiger partial charge in [0.15, 0.2) is 0 Å². The lowest BCUT2D eigenvalue weighted by molar-refractivity contribution is -0.140. The van der Waals surface area contributed by atoms with E-state index in [9.17, 15) is 4.79 Å². The highest BCUT2D eigenvalue weighted by atomic mass is 16.5. The highest BCUT2D eigenvalue weighted by Gasteiger charge is 2.04. The minimum absolute atomic E-state index is 0. The van der Waals surface area contributed by atoms with Gasteiger partial charge in [-0.2, -0.15) is 0 Å². The Labute approximate surface area is 144 Å². The zero-order valence-corrected chi connectivity index (χ0v) is 13.3. The standard InChI is InChI=1S/C18H19N3O2.CH4/c1-4-21(12-13-23-15(2)22)18-10-8-16(9-11-18)6-5-7-17(14-19)20-3;/h5-11H,4,12-13H2,1-2H3;1H4/b6-5+,17-7-;. The number of hydrogen-bond acceptors (Lipinski definition) is 4. The predicted molar refractivity (Wildman–Crippen MR) is 97.0 cm³/mol. The van der Waals surface area contributed by atoms with Crippen LogP contribution in [0.3, 0.4) is 0 Å². The van der Waals surface area contributed by atoms with E-state index in [-0.39, 0.29) is 19.1 Å². The van der Waals surface area contributed by atoms with E-state index in [0.717, 1.165) is 17.8 Å². The summed E-state index contributed by atoms with van der Waals surface area (Å²) in [4.78, 5) is 16.0. The van der Waals surface area contributed by atoms with Gasteiger partial charge in [-0.3, -0.25) is 4.79 Å². The van der Waals surface area contributed by atoms with Crippen molar-refractivity contribution in [3.8, 4) is 6.07 Å². The summed E-state index contributed by atoms with van der Waals surface area (Å²) in [7, 11) is 0. The van der Waals surface area contributed by atoms with Gasteiger partial charge >= 0.3 is 5.97 Å².